The van der Waals surface area contributed by atoms with Crippen molar-refractivity contribution in [3.63, 3.8) is 0 Å². The molecule has 0 aliphatic heterocycles. The first-order chi connectivity index (χ1) is 10.5. The molecule has 0 fully saturated rings. The van der Waals surface area contributed by atoms with E-state index in [0.717, 1.165) is 22.3 Å². The normalized spacial score (nSPS) is 10.6. The Morgan fingerprint density at radius 3 is 2.73 bits per heavy atom. The fraction of sp³-hybridized carbons (Fsp3) is 0.294. The van der Waals surface area contributed by atoms with Crippen molar-refractivity contribution in [2.45, 2.75) is 20.8 Å². The number of nitrogens with one attached hydrogen (secondary N) is 2. The largest absolute Gasteiger partial charge is 0.370 e. The Bertz CT molecular complexity index is 671. The van der Waals surface area contributed by atoms with Gasteiger partial charge in [-0.2, -0.15) is 0 Å². The summed E-state index contributed by atoms with van der Waals surface area (Å²) in [5.74, 6) is 1.08. The van der Waals surface area contributed by atoms with Crippen molar-refractivity contribution in [1.29, 1.82) is 0 Å². The molecule has 0 unspecified atom stereocenters. The number of hydrogen-bond donors (Lipinski definition) is 2. The second kappa shape index (κ2) is 7.40. The summed E-state index contributed by atoms with van der Waals surface area (Å²) in [5.41, 5.74) is 2.46. The van der Waals surface area contributed by atoms with Gasteiger partial charge in [0.2, 0.25) is 0 Å². The number of amides is 1. The van der Waals surface area contributed by atoms with Crippen LogP contribution in [0.4, 0.5) is 11.5 Å². The van der Waals surface area contributed by atoms with Gasteiger partial charge < -0.3 is 10.6 Å². The maximum atomic E-state index is 12.4. The van der Waals surface area contributed by atoms with Crippen molar-refractivity contribution in [3.05, 3.63) is 52.1 Å². The van der Waals surface area contributed by atoms with Crippen LogP contribution in [0.2, 0.25) is 0 Å². The molecule has 0 radical (unpaired) electrons. The van der Waals surface area contributed by atoms with E-state index in [4.69, 9.17) is 0 Å². The lowest BCUT2D eigenvalue weighted by molar-refractivity contribution is 0.102. The molecule has 0 saturated carbocycles. The fourth-order valence-corrected chi connectivity index (χ4v) is 2.49. The lowest BCUT2D eigenvalue weighted by Crippen LogP contribution is -2.14. The molecule has 1 amide bonds. The Morgan fingerprint density at radius 1 is 1.27 bits per heavy atom. The molecule has 22 heavy (non-hydrogen) atoms. The van der Waals surface area contributed by atoms with Gasteiger partial charge in [0.25, 0.3) is 5.91 Å². The number of rotatable bonds is 5. The highest BCUT2D eigenvalue weighted by Crippen LogP contribution is 2.24. The lowest BCUT2D eigenvalue weighted by atomic mass is 10.2. The summed E-state index contributed by atoms with van der Waals surface area (Å²) in [7, 11) is 0. The molecule has 0 saturated heterocycles. The van der Waals surface area contributed by atoms with Crippen molar-refractivity contribution in [1.82, 2.24) is 4.98 Å². The van der Waals surface area contributed by atoms with E-state index in [0.29, 0.717) is 17.3 Å². The van der Waals surface area contributed by atoms with Crippen LogP contribution in [-0.2, 0) is 0 Å². The Kier molecular flexibility index (Phi) is 5.55. The van der Waals surface area contributed by atoms with Crippen LogP contribution in [0.1, 0.15) is 29.8 Å². The molecular weight excluding hydrogens is 342 g/mol. The minimum Gasteiger partial charge on any atom is -0.370 e. The van der Waals surface area contributed by atoms with Crippen molar-refractivity contribution in [2.75, 3.05) is 17.2 Å². The first kappa shape index (κ1) is 16.5. The van der Waals surface area contributed by atoms with Gasteiger partial charge in [0.05, 0.1) is 5.69 Å². The van der Waals surface area contributed by atoms with Crippen LogP contribution in [-0.4, -0.2) is 17.4 Å². The van der Waals surface area contributed by atoms with Crippen molar-refractivity contribution in [2.24, 2.45) is 5.92 Å². The minimum atomic E-state index is -0.153. The molecule has 116 valence electrons. The fourth-order valence-electron chi connectivity index (χ4n) is 1.89. The summed E-state index contributed by atoms with van der Waals surface area (Å²) in [6.07, 6.45) is 1.64. The van der Waals surface area contributed by atoms with Gasteiger partial charge in [-0.3, -0.25) is 4.79 Å². The predicted molar refractivity (Wildman–Crippen MR) is 94.4 cm³/mol. The SMILES string of the molecule is Cc1ccc(NC(=O)c2ccnc(NCC(C)C)c2)c(Br)c1. The monoisotopic (exact) mass is 361 g/mol. The third kappa shape index (κ3) is 4.56. The van der Waals surface area contributed by atoms with Crippen LogP contribution in [0.25, 0.3) is 0 Å². The van der Waals surface area contributed by atoms with Crippen molar-refractivity contribution >= 4 is 33.3 Å². The number of nitrogens with zero attached hydrogens (tertiary/aromatic N) is 1. The second-order valence-electron chi connectivity index (χ2n) is 5.64. The number of pyridine rings is 1. The van der Waals surface area contributed by atoms with Gasteiger partial charge in [-0.05, 0) is 58.6 Å². The molecule has 0 bridgehead atoms. The standard InChI is InChI=1S/C17H20BrN3O/c1-11(2)10-20-16-9-13(6-7-19-16)17(22)21-15-5-4-12(3)8-14(15)18/h4-9,11H,10H2,1-3H3,(H,19,20)(H,21,22). The topological polar surface area (TPSA) is 54.0 Å². The highest BCUT2D eigenvalue weighted by Gasteiger charge is 2.09. The first-order valence-electron chi connectivity index (χ1n) is 7.23. The zero-order valence-electron chi connectivity index (χ0n) is 13.0. The van der Waals surface area contributed by atoms with Gasteiger partial charge in [-0.15, -0.1) is 0 Å². The molecule has 5 heteroatoms. The maximum Gasteiger partial charge on any atom is 0.255 e. The van der Waals surface area contributed by atoms with Crippen molar-refractivity contribution < 1.29 is 4.79 Å². The smallest absolute Gasteiger partial charge is 0.255 e. The molecule has 1 aromatic heterocycles. The Hall–Kier alpha value is -1.88. The molecule has 0 aliphatic rings. The first-order valence-corrected chi connectivity index (χ1v) is 8.02. The molecule has 0 aliphatic carbocycles. The lowest BCUT2D eigenvalue weighted by Gasteiger charge is -2.11. The quantitative estimate of drug-likeness (QED) is 0.825. The van der Waals surface area contributed by atoms with E-state index in [1.807, 2.05) is 25.1 Å². The zero-order valence-corrected chi connectivity index (χ0v) is 14.6. The van der Waals surface area contributed by atoms with Crippen LogP contribution in [0, 0.1) is 12.8 Å². The van der Waals surface area contributed by atoms with E-state index in [2.05, 4.69) is 45.4 Å². The van der Waals surface area contributed by atoms with Gasteiger partial charge in [-0.25, -0.2) is 4.98 Å². The number of halogens is 1. The molecule has 4 nitrogen and oxygen atoms in total. The van der Waals surface area contributed by atoms with Gasteiger partial charge in [0, 0.05) is 22.8 Å². The molecular formula is C17H20BrN3O. The number of carbonyl (C=O) groups is 1. The van der Waals surface area contributed by atoms with E-state index in [-0.39, 0.29) is 5.91 Å². The minimum absolute atomic E-state index is 0.153. The molecule has 2 N–H and O–H groups in total. The van der Waals surface area contributed by atoms with E-state index in [1.165, 1.54) is 0 Å². The van der Waals surface area contributed by atoms with E-state index in [1.54, 1.807) is 18.3 Å². The maximum absolute atomic E-state index is 12.4. The van der Waals surface area contributed by atoms with E-state index >= 15 is 0 Å². The van der Waals surface area contributed by atoms with Crippen LogP contribution in [0.3, 0.4) is 0 Å². The average Bonchev–Trinajstić information content (AvgIpc) is 2.48. The number of anilines is 2. The Balaban J connectivity index is 2.10. The highest BCUT2D eigenvalue weighted by atomic mass is 79.9. The van der Waals surface area contributed by atoms with Gasteiger partial charge in [-0.1, -0.05) is 19.9 Å². The second-order valence-corrected chi connectivity index (χ2v) is 6.50. The molecule has 2 rings (SSSR count). The van der Waals surface area contributed by atoms with Crippen molar-refractivity contribution in [3.8, 4) is 0 Å². The van der Waals surface area contributed by atoms with Crippen LogP contribution >= 0.6 is 15.9 Å². The van der Waals surface area contributed by atoms with Crippen LogP contribution in [0.15, 0.2) is 41.0 Å². The average molecular weight is 362 g/mol. The van der Waals surface area contributed by atoms with Gasteiger partial charge in [0.1, 0.15) is 5.82 Å². The number of aryl methyl sites for hydroxylation is 1. The number of benzene rings is 1. The molecule has 1 aromatic carbocycles. The summed E-state index contributed by atoms with van der Waals surface area (Å²) in [5, 5.41) is 6.13. The molecule has 2 aromatic rings. The van der Waals surface area contributed by atoms with Crippen LogP contribution < -0.4 is 10.6 Å². The summed E-state index contributed by atoms with van der Waals surface area (Å²) >= 11 is 3.46. The summed E-state index contributed by atoms with van der Waals surface area (Å²) in [4.78, 5) is 16.6. The number of hydrogen-bond acceptors (Lipinski definition) is 3. The molecule has 1 heterocycles. The number of carbonyl (C=O) groups excluding carboxylic acids is 1. The van der Waals surface area contributed by atoms with Gasteiger partial charge >= 0.3 is 0 Å². The van der Waals surface area contributed by atoms with Gasteiger partial charge in [0.15, 0.2) is 0 Å². The third-order valence-corrected chi connectivity index (χ3v) is 3.74. The highest BCUT2D eigenvalue weighted by molar-refractivity contribution is 9.10. The summed E-state index contributed by atoms with van der Waals surface area (Å²) in [6, 6.07) is 9.29. The molecule has 0 spiro atoms. The molecule has 0 atom stereocenters. The number of aromatic nitrogens is 1. The van der Waals surface area contributed by atoms with E-state index in [9.17, 15) is 4.79 Å². The predicted octanol–water partition coefficient (Wildman–Crippen LogP) is 4.47. The summed E-state index contributed by atoms with van der Waals surface area (Å²) < 4.78 is 0.869. The Labute approximate surface area is 139 Å². The summed E-state index contributed by atoms with van der Waals surface area (Å²) in [6.45, 7) is 7.07. The third-order valence-electron chi connectivity index (χ3n) is 3.09. The van der Waals surface area contributed by atoms with Crippen LogP contribution in [0.5, 0.6) is 0 Å². The Morgan fingerprint density at radius 2 is 2.05 bits per heavy atom. The van der Waals surface area contributed by atoms with E-state index < -0.39 is 0 Å². The zero-order chi connectivity index (χ0) is 16.1.